The van der Waals surface area contributed by atoms with Crippen LogP contribution in [0.25, 0.3) is 0 Å². The summed E-state index contributed by atoms with van der Waals surface area (Å²) in [7, 11) is 1.36. The molecule has 0 aliphatic rings. The second kappa shape index (κ2) is 5.95. The summed E-state index contributed by atoms with van der Waals surface area (Å²) in [6, 6.07) is 7.76. The van der Waals surface area contributed by atoms with Crippen molar-refractivity contribution in [2.45, 2.75) is 13.8 Å². The number of methoxy groups -OCH3 is 1. The molecule has 0 spiro atoms. The number of ether oxygens (including phenoxy) is 2. The Morgan fingerprint density at radius 3 is 2.81 bits per heavy atom. The Bertz CT molecular complexity index is 394. The smallest absolute Gasteiger partial charge is 0.333 e. The molecular formula is C13H16O3. The van der Waals surface area contributed by atoms with Crippen LogP contribution in [0.2, 0.25) is 0 Å². The van der Waals surface area contributed by atoms with Gasteiger partial charge in [-0.15, -0.1) is 0 Å². The summed E-state index contributed by atoms with van der Waals surface area (Å²) in [4.78, 5) is 11.1. The Morgan fingerprint density at radius 2 is 2.19 bits per heavy atom. The third-order valence-electron chi connectivity index (χ3n) is 2.14. The van der Waals surface area contributed by atoms with Gasteiger partial charge in [-0.05, 0) is 37.6 Å². The normalized spacial score (nSPS) is 11.1. The Hall–Kier alpha value is -1.77. The molecule has 16 heavy (non-hydrogen) atoms. The number of benzene rings is 1. The highest BCUT2D eigenvalue weighted by Crippen LogP contribution is 2.12. The van der Waals surface area contributed by atoms with Gasteiger partial charge >= 0.3 is 5.97 Å². The van der Waals surface area contributed by atoms with Gasteiger partial charge in [-0.3, -0.25) is 0 Å². The summed E-state index contributed by atoms with van der Waals surface area (Å²) < 4.78 is 10.0. The average Bonchev–Trinajstić information content (AvgIpc) is 2.28. The van der Waals surface area contributed by atoms with Crippen LogP contribution in [0.1, 0.15) is 12.5 Å². The number of rotatable bonds is 4. The number of hydrogen-bond donors (Lipinski definition) is 0. The summed E-state index contributed by atoms with van der Waals surface area (Å²) in [6.45, 7) is 4.07. The number of carbonyl (C=O) groups excluding carboxylic acids is 1. The van der Waals surface area contributed by atoms with Crippen molar-refractivity contribution in [3.05, 3.63) is 41.5 Å². The topological polar surface area (TPSA) is 35.5 Å². The lowest BCUT2D eigenvalue weighted by molar-refractivity contribution is -0.136. The molecule has 0 fully saturated rings. The maximum Gasteiger partial charge on any atom is 0.333 e. The average molecular weight is 220 g/mol. The van der Waals surface area contributed by atoms with Crippen LogP contribution in [0.3, 0.4) is 0 Å². The standard InChI is InChI=1S/C13H16O3/c1-10-5-4-6-12(9-10)16-8-7-11(2)13(14)15-3/h4-7,9H,8H2,1-3H3. The molecule has 0 heterocycles. The number of carbonyl (C=O) groups is 1. The zero-order valence-electron chi connectivity index (χ0n) is 9.82. The molecule has 3 heteroatoms. The summed E-state index contributed by atoms with van der Waals surface area (Å²) >= 11 is 0. The number of esters is 1. The maximum absolute atomic E-state index is 11.1. The Labute approximate surface area is 95.7 Å². The van der Waals surface area contributed by atoms with E-state index < -0.39 is 0 Å². The highest BCUT2D eigenvalue weighted by molar-refractivity contribution is 5.87. The molecule has 0 saturated heterocycles. The first kappa shape index (κ1) is 12.3. The summed E-state index contributed by atoms with van der Waals surface area (Å²) in [6.07, 6.45) is 1.70. The lowest BCUT2D eigenvalue weighted by atomic mass is 10.2. The van der Waals surface area contributed by atoms with E-state index in [4.69, 9.17) is 4.74 Å². The van der Waals surface area contributed by atoms with E-state index >= 15 is 0 Å². The largest absolute Gasteiger partial charge is 0.490 e. The molecule has 0 atom stereocenters. The molecule has 1 aromatic carbocycles. The molecule has 0 aromatic heterocycles. The van der Waals surface area contributed by atoms with Gasteiger partial charge in [0.2, 0.25) is 0 Å². The van der Waals surface area contributed by atoms with Crippen molar-refractivity contribution in [3.8, 4) is 5.75 Å². The highest BCUT2D eigenvalue weighted by Gasteiger charge is 2.01. The van der Waals surface area contributed by atoms with Crippen molar-refractivity contribution in [2.24, 2.45) is 0 Å². The van der Waals surface area contributed by atoms with Gasteiger partial charge in [0.05, 0.1) is 7.11 Å². The predicted molar refractivity (Wildman–Crippen MR) is 62.4 cm³/mol. The second-order valence-corrected chi connectivity index (χ2v) is 3.51. The van der Waals surface area contributed by atoms with Gasteiger partial charge in [0.1, 0.15) is 12.4 Å². The lowest BCUT2D eigenvalue weighted by Crippen LogP contribution is -2.04. The Balaban J connectivity index is 2.50. The summed E-state index contributed by atoms with van der Waals surface area (Å²) in [5, 5.41) is 0. The first-order chi connectivity index (χ1) is 7.63. The van der Waals surface area contributed by atoms with Gasteiger partial charge < -0.3 is 9.47 Å². The quantitative estimate of drug-likeness (QED) is 0.577. The zero-order chi connectivity index (χ0) is 12.0. The van der Waals surface area contributed by atoms with E-state index in [1.54, 1.807) is 13.0 Å². The minimum atomic E-state index is -0.326. The van der Waals surface area contributed by atoms with Gasteiger partial charge in [0, 0.05) is 5.57 Å². The first-order valence-electron chi connectivity index (χ1n) is 5.08. The lowest BCUT2D eigenvalue weighted by Gasteiger charge is -2.04. The monoisotopic (exact) mass is 220 g/mol. The molecule has 3 nitrogen and oxygen atoms in total. The van der Waals surface area contributed by atoms with Crippen LogP contribution in [0, 0.1) is 6.92 Å². The van der Waals surface area contributed by atoms with Crippen molar-refractivity contribution in [2.75, 3.05) is 13.7 Å². The molecule has 0 aliphatic heterocycles. The van der Waals surface area contributed by atoms with Gasteiger partial charge in [-0.2, -0.15) is 0 Å². The van der Waals surface area contributed by atoms with E-state index in [-0.39, 0.29) is 5.97 Å². The van der Waals surface area contributed by atoms with E-state index in [9.17, 15) is 4.79 Å². The molecule has 0 radical (unpaired) electrons. The van der Waals surface area contributed by atoms with E-state index in [1.165, 1.54) is 7.11 Å². The van der Waals surface area contributed by atoms with Crippen LogP contribution >= 0.6 is 0 Å². The van der Waals surface area contributed by atoms with Gasteiger partial charge in [0.25, 0.3) is 0 Å². The van der Waals surface area contributed by atoms with Gasteiger partial charge in [-0.25, -0.2) is 4.79 Å². The van der Waals surface area contributed by atoms with Crippen LogP contribution < -0.4 is 4.74 Å². The molecule has 0 saturated carbocycles. The molecule has 0 unspecified atom stereocenters. The second-order valence-electron chi connectivity index (χ2n) is 3.51. The van der Waals surface area contributed by atoms with Crippen LogP contribution in [0.5, 0.6) is 5.75 Å². The summed E-state index contributed by atoms with van der Waals surface area (Å²) in [5.74, 6) is 0.474. The molecular weight excluding hydrogens is 204 g/mol. The van der Waals surface area contributed by atoms with Crippen molar-refractivity contribution in [1.29, 1.82) is 0 Å². The molecule has 0 aliphatic carbocycles. The zero-order valence-corrected chi connectivity index (χ0v) is 9.82. The predicted octanol–water partition coefficient (Wildman–Crippen LogP) is 2.49. The minimum absolute atomic E-state index is 0.326. The third-order valence-corrected chi connectivity index (χ3v) is 2.14. The fourth-order valence-electron chi connectivity index (χ4n) is 1.21. The SMILES string of the molecule is COC(=O)C(C)=CCOc1cccc(C)c1. The molecule has 86 valence electrons. The van der Waals surface area contributed by atoms with Crippen LogP contribution in [0.4, 0.5) is 0 Å². The third kappa shape index (κ3) is 3.77. The molecule has 0 N–H and O–H groups in total. The first-order valence-corrected chi connectivity index (χ1v) is 5.08. The molecule has 0 bridgehead atoms. The van der Waals surface area contributed by atoms with Crippen molar-refractivity contribution >= 4 is 5.97 Å². The van der Waals surface area contributed by atoms with E-state index in [0.29, 0.717) is 12.2 Å². The van der Waals surface area contributed by atoms with Crippen LogP contribution in [-0.4, -0.2) is 19.7 Å². The van der Waals surface area contributed by atoms with Crippen molar-refractivity contribution in [1.82, 2.24) is 0 Å². The fraction of sp³-hybridized carbons (Fsp3) is 0.308. The van der Waals surface area contributed by atoms with E-state index in [2.05, 4.69) is 4.74 Å². The van der Waals surface area contributed by atoms with Crippen LogP contribution in [-0.2, 0) is 9.53 Å². The van der Waals surface area contributed by atoms with Crippen LogP contribution in [0.15, 0.2) is 35.9 Å². The molecule has 1 aromatic rings. The highest BCUT2D eigenvalue weighted by atomic mass is 16.5. The Kier molecular flexibility index (Phi) is 4.58. The number of hydrogen-bond acceptors (Lipinski definition) is 3. The van der Waals surface area contributed by atoms with E-state index in [0.717, 1.165) is 11.3 Å². The maximum atomic E-state index is 11.1. The van der Waals surface area contributed by atoms with E-state index in [1.807, 2.05) is 31.2 Å². The fourth-order valence-corrected chi connectivity index (χ4v) is 1.21. The van der Waals surface area contributed by atoms with Gasteiger partial charge in [-0.1, -0.05) is 12.1 Å². The Morgan fingerprint density at radius 1 is 1.44 bits per heavy atom. The van der Waals surface area contributed by atoms with Gasteiger partial charge in [0.15, 0.2) is 0 Å². The molecule has 1 rings (SSSR count). The minimum Gasteiger partial charge on any atom is -0.490 e. The van der Waals surface area contributed by atoms with Crippen molar-refractivity contribution in [3.63, 3.8) is 0 Å². The number of aryl methyl sites for hydroxylation is 1. The van der Waals surface area contributed by atoms with Crippen molar-refractivity contribution < 1.29 is 14.3 Å². The summed E-state index contributed by atoms with van der Waals surface area (Å²) in [5.41, 5.74) is 1.70. The molecule has 0 amide bonds.